The minimum atomic E-state index is -4.04. The first-order chi connectivity index (χ1) is 9.48. The number of rotatable bonds is 6. The molecule has 2 N–H and O–H groups in total. The van der Waals surface area contributed by atoms with Gasteiger partial charge < -0.3 is 19.7 Å². The van der Waals surface area contributed by atoms with Gasteiger partial charge in [0, 0.05) is 7.11 Å². The maximum absolute atomic E-state index is 11.3. The van der Waals surface area contributed by atoms with Crippen LogP contribution < -0.4 is 0 Å². The Morgan fingerprint density at radius 2 is 1.52 bits per heavy atom. The molecule has 0 amide bonds. The van der Waals surface area contributed by atoms with Crippen LogP contribution in [0.15, 0.2) is 0 Å². The number of ether oxygens (including phenoxy) is 2. The van der Waals surface area contributed by atoms with E-state index in [9.17, 15) is 21.9 Å². The van der Waals surface area contributed by atoms with E-state index in [2.05, 4.69) is 4.18 Å². The van der Waals surface area contributed by atoms with Crippen LogP contribution in [-0.4, -0.2) is 84.0 Å². The Morgan fingerprint density at radius 1 is 1.05 bits per heavy atom. The zero-order valence-electron chi connectivity index (χ0n) is 11.6. The highest BCUT2D eigenvalue weighted by Crippen LogP contribution is 2.28. The summed E-state index contributed by atoms with van der Waals surface area (Å²) in [6.07, 6.45) is -5.93. The molecule has 0 spiro atoms. The molecule has 0 aromatic heterocycles. The molecule has 0 radical (unpaired) electrons. The summed E-state index contributed by atoms with van der Waals surface area (Å²) in [5.74, 6) is 0. The lowest BCUT2D eigenvalue weighted by Crippen LogP contribution is -2.61. The van der Waals surface area contributed by atoms with E-state index >= 15 is 0 Å². The molecule has 0 bridgehead atoms. The average Bonchev–Trinajstić information content (AvgIpc) is 2.31. The Morgan fingerprint density at radius 3 is 1.90 bits per heavy atom. The van der Waals surface area contributed by atoms with E-state index in [1.54, 1.807) is 0 Å². The van der Waals surface area contributed by atoms with Gasteiger partial charge in [-0.25, -0.2) is 0 Å². The Bertz CT molecular complexity index is 541. The number of aliphatic hydroxyl groups is 2. The zero-order valence-corrected chi connectivity index (χ0v) is 13.2. The van der Waals surface area contributed by atoms with Crippen molar-refractivity contribution in [1.29, 1.82) is 0 Å². The van der Waals surface area contributed by atoms with Crippen molar-refractivity contribution in [3.63, 3.8) is 0 Å². The van der Waals surface area contributed by atoms with E-state index < -0.39 is 57.5 Å². The molecule has 10 nitrogen and oxygen atoms in total. The Labute approximate surface area is 122 Å². The summed E-state index contributed by atoms with van der Waals surface area (Å²) >= 11 is 0. The smallest absolute Gasteiger partial charge is 0.264 e. The van der Waals surface area contributed by atoms with E-state index in [4.69, 9.17) is 18.8 Å². The molecule has 1 rings (SSSR count). The molecule has 0 aromatic carbocycles. The second kappa shape index (κ2) is 6.83. The van der Waals surface area contributed by atoms with Gasteiger partial charge in [0.25, 0.3) is 20.2 Å². The fourth-order valence-electron chi connectivity index (χ4n) is 1.85. The van der Waals surface area contributed by atoms with Gasteiger partial charge >= 0.3 is 0 Å². The first kappa shape index (κ1) is 18.7. The zero-order chi connectivity index (χ0) is 16.4. The maximum atomic E-state index is 11.3. The molecule has 0 unspecified atom stereocenters. The summed E-state index contributed by atoms with van der Waals surface area (Å²) in [7, 11) is -6.89. The molecule has 0 aromatic rings. The average molecular weight is 350 g/mol. The van der Waals surface area contributed by atoms with Crippen LogP contribution in [-0.2, 0) is 38.1 Å². The molecule has 0 aliphatic carbocycles. The summed E-state index contributed by atoms with van der Waals surface area (Å²) in [5, 5.41) is 19.1. The lowest BCUT2D eigenvalue weighted by molar-refractivity contribution is -0.283. The molecule has 1 fully saturated rings. The molecule has 126 valence electrons. The van der Waals surface area contributed by atoms with E-state index in [0.717, 1.165) is 19.6 Å². The van der Waals surface area contributed by atoms with Crippen molar-refractivity contribution in [2.75, 3.05) is 26.2 Å². The molecule has 0 saturated carbocycles. The van der Waals surface area contributed by atoms with Crippen LogP contribution in [0.5, 0.6) is 0 Å². The summed E-state index contributed by atoms with van der Waals surface area (Å²) in [6.45, 7) is -0.657. The van der Waals surface area contributed by atoms with Crippen LogP contribution in [0, 0.1) is 0 Å². The highest BCUT2D eigenvalue weighted by Gasteiger charge is 2.49. The van der Waals surface area contributed by atoms with E-state index in [1.165, 1.54) is 0 Å². The first-order valence-corrected chi connectivity index (χ1v) is 9.35. The van der Waals surface area contributed by atoms with E-state index in [1.807, 2.05) is 0 Å². The molecule has 21 heavy (non-hydrogen) atoms. The Kier molecular flexibility index (Phi) is 6.08. The van der Waals surface area contributed by atoms with Crippen LogP contribution in [0.4, 0.5) is 0 Å². The van der Waals surface area contributed by atoms with Gasteiger partial charge in [0.05, 0.1) is 19.1 Å². The second-order valence-corrected chi connectivity index (χ2v) is 7.68. The molecule has 1 aliphatic heterocycles. The fourth-order valence-corrected chi connectivity index (χ4v) is 3.08. The van der Waals surface area contributed by atoms with Gasteiger partial charge in [-0.3, -0.25) is 8.37 Å². The predicted molar refractivity (Wildman–Crippen MR) is 68.2 cm³/mol. The summed E-state index contributed by atoms with van der Waals surface area (Å²) in [5.41, 5.74) is 0. The van der Waals surface area contributed by atoms with Crippen molar-refractivity contribution in [1.82, 2.24) is 0 Å². The standard InChI is InChI=1S/C9H18O10S2/c1-16-9-8(19-21(3,14)15)7(18-20(2,12)13)6(11)5(4-10)17-9/h5-11H,4H2,1-3H3/t5-,6-,7+,8-,9+/m1/s1. The monoisotopic (exact) mass is 350 g/mol. The number of aliphatic hydroxyl groups excluding tert-OH is 2. The van der Waals surface area contributed by atoms with Gasteiger partial charge in [0.1, 0.15) is 18.3 Å². The van der Waals surface area contributed by atoms with Crippen LogP contribution in [0.2, 0.25) is 0 Å². The summed E-state index contributed by atoms with van der Waals surface area (Å²) < 4.78 is 64.4. The topological polar surface area (TPSA) is 146 Å². The molecular formula is C9H18O10S2. The van der Waals surface area contributed by atoms with Crippen LogP contribution in [0.3, 0.4) is 0 Å². The molecule has 5 atom stereocenters. The Balaban J connectivity index is 3.16. The molecule has 1 saturated heterocycles. The molecule has 1 aliphatic rings. The quantitative estimate of drug-likeness (QED) is 0.489. The lowest BCUT2D eigenvalue weighted by atomic mass is 9.99. The SMILES string of the molecule is CO[C@H]1O[C@H](CO)[C@@H](O)[C@H](OS(C)(=O)=O)[C@H]1OS(C)(=O)=O. The highest BCUT2D eigenvalue weighted by atomic mass is 32.2. The largest absolute Gasteiger partial charge is 0.394 e. The van der Waals surface area contributed by atoms with Crippen molar-refractivity contribution in [3.8, 4) is 0 Å². The van der Waals surface area contributed by atoms with Gasteiger partial charge in [-0.1, -0.05) is 0 Å². The van der Waals surface area contributed by atoms with Crippen molar-refractivity contribution >= 4 is 20.2 Å². The number of methoxy groups -OCH3 is 1. The fraction of sp³-hybridized carbons (Fsp3) is 1.00. The first-order valence-electron chi connectivity index (χ1n) is 5.72. The predicted octanol–water partition coefficient (Wildman–Crippen LogP) is -2.60. The molecule has 1 heterocycles. The van der Waals surface area contributed by atoms with E-state index in [0.29, 0.717) is 0 Å². The van der Waals surface area contributed by atoms with Gasteiger partial charge in [0.2, 0.25) is 0 Å². The van der Waals surface area contributed by atoms with Gasteiger partial charge in [-0.2, -0.15) is 16.8 Å². The number of hydrogen-bond acceptors (Lipinski definition) is 10. The van der Waals surface area contributed by atoms with Crippen molar-refractivity contribution in [2.24, 2.45) is 0 Å². The summed E-state index contributed by atoms with van der Waals surface area (Å²) in [4.78, 5) is 0. The molecule has 12 heteroatoms. The third kappa shape index (κ3) is 5.41. The van der Waals surface area contributed by atoms with Gasteiger partial charge in [-0.15, -0.1) is 0 Å². The van der Waals surface area contributed by atoms with Crippen molar-refractivity contribution in [2.45, 2.75) is 30.7 Å². The van der Waals surface area contributed by atoms with Crippen LogP contribution in [0.25, 0.3) is 0 Å². The minimum Gasteiger partial charge on any atom is -0.394 e. The maximum Gasteiger partial charge on any atom is 0.264 e. The van der Waals surface area contributed by atoms with E-state index in [-0.39, 0.29) is 0 Å². The van der Waals surface area contributed by atoms with Gasteiger partial charge in [-0.05, 0) is 0 Å². The van der Waals surface area contributed by atoms with Crippen molar-refractivity contribution < 1.29 is 44.9 Å². The van der Waals surface area contributed by atoms with Crippen LogP contribution in [0.1, 0.15) is 0 Å². The van der Waals surface area contributed by atoms with Crippen molar-refractivity contribution in [3.05, 3.63) is 0 Å². The number of hydrogen-bond donors (Lipinski definition) is 2. The molecular weight excluding hydrogens is 332 g/mol. The Hall–Kier alpha value is -0.340. The van der Waals surface area contributed by atoms with Crippen LogP contribution >= 0.6 is 0 Å². The third-order valence-corrected chi connectivity index (χ3v) is 3.75. The van der Waals surface area contributed by atoms with Gasteiger partial charge in [0.15, 0.2) is 12.4 Å². The third-order valence-electron chi connectivity index (χ3n) is 2.60. The lowest BCUT2D eigenvalue weighted by Gasteiger charge is -2.41. The normalized spacial score (nSPS) is 34.8. The minimum absolute atomic E-state index is 0.657. The second-order valence-electron chi connectivity index (χ2n) is 4.48. The highest BCUT2D eigenvalue weighted by molar-refractivity contribution is 7.86. The summed E-state index contributed by atoms with van der Waals surface area (Å²) in [6, 6.07) is 0.